The van der Waals surface area contributed by atoms with E-state index in [4.69, 9.17) is 0 Å². The fourth-order valence-electron chi connectivity index (χ4n) is 0.876. The molecule has 3 nitrogen and oxygen atoms in total. The van der Waals surface area contributed by atoms with Crippen LogP contribution in [-0.4, -0.2) is 24.1 Å². The lowest BCUT2D eigenvalue weighted by Crippen LogP contribution is -2.27. The van der Waals surface area contributed by atoms with Gasteiger partial charge >= 0.3 is 0 Å². The van der Waals surface area contributed by atoms with Gasteiger partial charge in [0.05, 0.1) is 0 Å². The van der Waals surface area contributed by atoms with Crippen molar-refractivity contribution in [3.05, 3.63) is 0 Å². The molecule has 1 aliphatic rings. The lowest BCUT2D eigenvalue weighted by Gasteiger charge is -2.06. The molecule has 12 heavy (non-hydrogen) atoms. The number of hydrogen-bond donors (Lipinski definition) is 0. The van der Waals surface area contributed by atoms with E-state index in [0.717, 1.165) is 12.8 Å². The number of carbonyl (C=O) groups excluding carboxylic acids is 1. The third-order valence-corrected chi connectivity index (χ3v) is 5.75. The molecule has 5 heteroatoms. The van der Waals surface area contributed by atoms with Crippen LogP contribution in [0.15, 0.2) is 0 Å². The molecule has 0 saturated heterocycles. The van der Waals surface area contributed by atoms with Gasteiger partial charge in [0.15, 0.2) is 19.8 Å². The Morgan fingerprint density at radius 3 is 2.42 bits per heavy atom. The molecule has 1 rings (SSSR count). The largest absolute Gasteiger partial charge is 0.297 e. The average Bonchev–Trinajstić information content (AvgIpc) is 2.84. The summed E-state index contributed by atoms with van der Waals surface area (Å²) < 4.78 is 21.4. The molecule has 0 radical (unpaired) electrons. The molecule has 0 aliphatic heterocycles. The van der Waals surface area contributed by atoms with Crippen LogP contribution in [0.1, 0.15) is 19.8 Å². The summed E-state index contributed by atoms with van der Waals surface area (Å²) in [6, 6.07) is 0. The van der Waals surface area contributed by atoms with E-state index in [1.54, 1.807) is 6.92 Å². The predicted molar refractivity (Wildman–Crippen MR) is 49.9 cm³/mol. The van der Waals surface area contributed by atoms with Crippen LogP contribution in [0.5, 0.6) is 0 Å². The number of Topliss-reactive ketones (excluding diaryl/α,β-unsaturated/α-hetero) is 1. The van der Waals surface area contributed by atoms with Gasteiger partial charge < -0.3 is 0 Å². The maximum absolute atomic E-state index is 11.3. The molecule has 0 N–H and O–H groups in total. The molecule has 0 unspecified atom stereocenters. The third kappa shape index (κ3) is 2.07. The van der Waals surface area contributed by atoms with E-state index in [9.17, 15) is 13.2 Å². The Morgan fingerprint density at radius 2 is 2.08 bits per heavy atom. The molecule has 1 aliphatic carbocycles. The topological polar surface area (TPSA) is 51.2 Å². The smallest absolute Gasteiger partial charge is 0.174 e. The maximum atomic E-state index is 11.3. The first-order chi connectivity index (χ1) is 5.49. The number of hydrogen-bond acceptors (Lipinski definition) is 3. The first-order valence-corrected chi connectivity index (χ1v) is 6.51. The van der Waals surface area contributed by atoms with Crippen molar-refractivity contribution >= 4 is 31.6 Å². The van der Waals surface area contributed by atoms with Crippen molar-refractivity contribution in [2.45, 2.75) is 23.9 Å². The van der Waals surface area contributed by atoms with Gasteiger partial charge in [-0.2, -0.15) is 0 Å². The van der Waals surface area contributed by atoms with Crippen molar-refractivity contribution in [2.24, 2.45) is 5.92 Å². The molecule has 0 aromatic heterocycles. The third-order valence-electron chi connectivity index (χ3n) is 1.92. The molecule has 0 aromatic carbocycles. The number of halogens is 1. The molecular formula is C7H11BrO3S. The highest BCUT2D eigenvalue weighted by Crippen LogP contribution is 2.33. The van der Waals surface area contributed by atoms with Gasteiger partial charge in [0.2, 0.25) is 0 Å². The van der Waals surface area contributed by atoms with E-state index in [1.807, 2.05) is 0 Å². The first-order valence-electron chi connectivity index (χ1n) is 3.88. The van der Waals surface area contributed by atoms with E-state index in [1.165, 1.54) is 0 Å². The Bertz CT molecular complexity index is 279. The summed E-state index contributed by atoms with van der Waals surface area (Å²) in [5.41, 5.74) is 0. The summed E-state index contributed by atoms with van der Waals surface area (Å²) in [7, 11) is -3.24. The van der Waals surface area contributed by atoms with Crippen LogP contribution in [0.3, 0.4) is 0 Å². The van der Waals surface area contributed by atoms with Gasteiger partial charge in [-0.05, 0) is 12.8 Å². The summed E-state index contributed by atoms with van der Waals surface area (Å²) in [6.07, 6.45) is 1.69. The van der Waals surface area contributed by atoms with Crippen LogP contribution >= 0.6 is 15.9 Å². The SMILES string of the molecule is CCS(=O)(=O)[C@@H](Br)C(=O)C1CC1. The molecular weight excluding hydrogens is 244 g/mol. The van der Waals surface area contributed by atoms with Crippen molar-refractivity contribution in [2.75, 3.05) is 5.75 Å². The summed E-state index contributed by atoms with van der Waals surface area (Å²) >= 11 is 2.93. The fourth-order valence-corrected chi connectivity index (χ4v) is 2.88. The summed E-state index contributed by atoms with van der Waals surface area (Å²) in [6.45, 7) is 1.55. The number of alkyl halides is 1. The summed E-state index contributed by atoms with van der Waals surface area (Å²) in [5.74, 6) is -0.158. The minimum Gasteiger partial charge on any atom is -0.297 e. The predicted octanol–water partition coefficient (Wildman–Crippen LogP) is 1.12. The van der Waals surface area contributed by atoms with Crippen molar-refractivity contribution in [1.82, 2.24) is 0 Å². The van der Waals surface area contributed by atoms with Crippen LogP contribution in [-0.2, 0) is 14.6 Å². The van der Waals surface area contributed by atoms with Gasteiger partial charge in [-0.3, -0.25) is 4.79 Å². The van der Waals surface area contributed by atoms with Gasteiger partial charge in [-0.15, -0.1) is 0 Å². The second kappa shape index (κ2) is 3.46. The molecule has 70 valence electrons. The molecule has 1 atom stereocenters. The van der Waals surface area contributed by atoms with Gasteiger partial charge in [0, 0.05) is 11.7 Å². The quantitative estimate of drug-likeness (QED) is 0.707. The minimum absolute atomic E-state index is 0.00398. The molecule has 0 amide bonds. The maximum Gasteiger partial charge on any atom is 0.174 e. The number of ketones is 1. The highest BCUT2D eigenvalue weighted by molar-refractivity contribution is 9.11. The van der Waals surface area contributed by atoms with Crippen molar-refractivity contribution in [3.8, 4) is 0 Å². The highest BCUT2D eigenvalue weighted by atomic mass is 79.9. The van der Waals surface area contributed by atoms with Crippen LogP contribution in [0.2, 0.25) is 0 Å². The Kier molecular flexibility index (Phi) is 2.93. The van der Waals surface area contributed by atoms with Crippen LogP contribution in [0.4, 0.5) is 0 Å². The zero-order valence-corrected chi connectivity index (χ0v) is 9.19. The molecule has 0 heterocycles. The molecule has 0 aromatic rings. The van der Waals surface area contributed by atoms with Gasteiger partial charge in [0.1, 0.15) is 0 Å². The summed E-state index contributed by atoms with van der Waals surface area (Å²) in [5, 5.41) is 0. The Labute approximate surface area is 80.6 Å². The number of rotatable bonds is 4. The second-order valence-corrected chi connectivity index (χ2v) is 6.84. The van der Waals surface area contributed by atoms with Gasteiger partial charge in [-0.1, -0.05) is 22.9 Å². The molecule has 1 fully saturated rings. The number of sulfone groups is 1. The zero-order valence-electron chi connectivity index (χ0n) is 6.79. The monoisotopic (exact) mass is 254 g/mol. The lowest BCUT2D eigenvalue weighted by molar-refractivity contribution is -0.118. The first kappa shape index (κ1) is 10.2. The Morgan fingerprint density at radius 1 is 1.58 bits per heavy atom. The second-order valence-electron chi connectivity index (χ2n) is 2.94. The van der Waals surface area contributed by atoms with Crippen LogP contribution in [0.25, 0.3) is 0 Å². The van der Waals surface area contributed by atoms with Crippen LogP contribution < -0.4 is 0 Å². The molecule has 0 bridgehead atoms. The van der Waals surface area contributed by atoms with E-state index in [-0.39, 0.29) is 17.5 Å². The normalized spacial score (nSPS) is 20.5. The number of carbonyl (C=O) groups is 1. The van der Waals surface area contributed by atoms with Crippen molar-refractivity contribution in [3.63, 3.8) is 0 Å². The lowest BCUT2D eigenvalue weighted by atomic mass is 10.3. The minimum atomic E-state index is -3.24. The van der Waals surface area contributed by atoms with E-state index in [0.29, 0.717) is 0 Å². The fraction of sp³-hybridized carbons (Fsp3) is 0.857. The Hall–Kier alpha value is 0.1000. The zero-order chi connectivity index (χ0) is 9.35. The van der Waals surface area contributed by atoms with Crippen LogP contribution in [0, 0.1) is 5.92 Å². The molecule has 1 saturated carbocycles. The average molecular weight is 255 g/mol. The standard InChI is InChI=1S/C7H11BrO3S/c1-2-12(10,11)7(8)6(9)5-3-4-5/h5,7H,2-4H2,1H3/t7-/m1/s1. The van der Waals surface area contributed by atoms with Crippen molar-refractivity contribution in [1.29, 1.82) is 0 Å². The van der Waals surface area contributed by atoms with E-state index >= 15 is 0 Å². The van der Waals surface area contributed by atoms with Gasteiger partial charge in [-0.25, -0.2) is 8.42 Å². The van der Waals surface area contributed by atoms with Crippen molar-refractivity contribution < 1.29 is 13.2 Å². The van der Waals surface area contributed by atoms with Gasteiger partial charge in [0.25, 0.3) is 0 Å². The Balaban J connectivity index is 2.69. The molecule has 0 spiro atoms. The van der Waals surface area contributed by atoms with E-state index < -0.39 is 14.0 Å². The van der Waals surface area contributed by atoms with E-state index in [2.05, 4.69) is 15.9 Å². The summed E-state index contributed by atoms with van der Waals surface area (Å²) in [4.78, 5) is 11.3. The highest BCUT2D eigenvalue weighted by Gasteiger charge is 2.38.